The van der Waals surface area contributed by atoms with Crippen LogP contribution in [-0.2, 0) is 34.8 Å². The number of carbonyl (C=O) groups excluding carboxylic acids is 1. The summed E-state index contributed by atoms with van der Waals surface area (Å²) in [6.45, 7) is -0.830. The van der Waals surface area contributed by atoms with E-state index in [1.807, 2.05) is 0 Å². The number of pyridine rings is 2. The molecule has 30 heavy (non-hydrogen) atoms. The Morgan fingerprint density at radius 1 is 1.37 bits per heavy atom. The lowest BCUT2D eigenvalue weighted by atomic mass is 9.86. The number of nitrogens with zero attached hydrogens (tertiary/aromatic N) is 2. The van der Waals surface area contributed by atoms with E-state index in [1.54, 1.807) is 25.1 Å². The second-order valence-corrected chi connectivity index (χ2v) is 7.58. The lowest BCUT2D eigenvalue weighted by molar-refractivity contribution is -0.172. The van der Waals surface area contributed by atoms with Crippen LogP contribution in [0.1, 0.15) is 39.7 Å². The van der Waals surface area contributed by atoms with Crippen LogP contribution >= 0.6 is 0 Å². The summed E-state index contributed by atoms with van der Waals surface area (Å²) in [5, 5.41) is 24.3. The van der Waals surface area contributed by atoms with Gasteiger partial charge in [0.15, 0.2) is 5.60 Å². The fourth-order valence-corrected chi connectivity index (χ4v) is 4.37. The lowest BCUT2D eigenvalue weighted by Crippen LogP contribution is -2.44. The van der Waals surface area contributed by atoms with Gasteiger partial charge in [0, 0.05) is 32.7 Å². The lowest BCUT2D eigenvalue weighted by Gasteiger charge is -2.31. The first-order valence-electron chi connectivity index (χ1n) is 11.1. The van der Waals surface area contributed by atoms with Crippen molar-refractivity contribution in [3.63, 3.8) is 0 Å². The number of esters is 1. The van der Waals surface area contributed by atoms with Crippen LogP contribution in [0.4, 0.5) is 0 Å². The van der Waals surface area contributed by atoms with Crippen molar-refractivity contribution in [2.24, 2.45) is 0 Å². The third kappa shape index (κ3) is 2.37. The fraction of sp³-hybridized carbons (Fsp3) is 0.318. The molecule has 0 fully saturated rings. The number of phenolic OH excluding ortho intramolecular Hbond substituents is 1. The fourth-order valence-electron chi connectivity index (χ4n) is 4.37. The molecule has 2 aliphatic heterocycles. The molecule has 8 nitrogen and oxygen atoms in total. The first-order valence-corrected chi connectivity index (χ1v) is 9.60. The van der Waals surface area contributed by atoms with E-state index in [4.69, 9.17) is 8.85 Å². The van der Waals surface area contributed by atoms with Crippen molar-refractivity contribution in [2.75, 3.05) is 6.98 Å². The number of aliphatic hydroxyl groups is 1. The minimum Gasteiger partial charge on any atom is -0.508 e. The average molecular weight is 410 g/mol. The van der Waals surface area contributed by atoms with Crippen molar-refractivity contribution >= 4 is 16.9 Å². The highest BCUT2D eigenvalue weighted by molar-refractivity contribution is 5.89. The number of benzene rings is 1. The van der Waals surface area contributed by atoms with E-state index in [2.05, 4.69) is 10.3 Å². The van der Waals surface area contributed by atoms with Crippen LogP contribution in [0, 0.1) is 0 Å². The monoisotopic (exact) mass is 410 g/mol. The Morgan fingerprint density at radius 2 is 2.20 bits per heavy atom. The summed E-state index contributed by atoms with van der Waals surface area (Å²) < 4.78 is 28.7. The Hall–Kier alpha value is -3.23. The molecule has 3 N–H and O–H groups in total. The quantitative estimate of drug-likeness (QED) is 0.439. The topological polar surface area (TPSA) is 114 Å². The minimum absolute atomic E-state index is 0.0544. The third-order valence-electron chi connectivity index (χ3n) is 6.04. The number of rotatable bonds is 3. The molecule has 0 amide bonds. The number of carbonyl (C=O) groups is 1. The number of aromatic hydroxyl groups is 1. The molecule has 0 aliphatic carbocycles. The van der Waals surface area contributed by atoms with E-state index in [0.29, 0.717) is 33.4 Å². The highest BCUT2D eigenvalue weighted by atomic mass is 16.6. The summed E-state index contributed by atoms with van der Waals surface area (Å²) in [4.78, 5) is 30.2. The molecule has 4 heterocycles. The second kappa shape index (κ2) is 6.38. The van der Waals surface area contributed by atoms with E-state index in [9.17, 15) is 19.8 Å². The number of hydrogen-bond acceptors (Lipinski definition) is 7. The number of fused-ring (bicyclic) bond motifs is 5. The van der Waals surface area contributed by atoms with Crippen LogP contribution in [0.3, 0.4) is 0 Å². The van der Waals surface area contributed by atoms with Gasteiger partial charge in [-0.1, -0.05) is 6.92 Å². The van der Waals surface area contributed by atoms with Crippen LogP contribution in [0.2, 0.25) is 0 Å². The van der Waals surface area contributed by atoms with Crippen LogP contribution in [0.5, 0.6) is 5.75 Å². The molecule has 0 saturated carbocycles. The molecule has 0 spiro atoms. The molecule has 1 atom stereocenters. The van der Waals surface area contributed by atoms with Crippen molar-refractivity contribution in [3.8, 4) is 17.1 Å². The van der Waals surface area contributed by atoms with Gasteiger partial charge in [-0.2, -0.15) is 0 Å². The Morgan fingerprint density at radius 3 is 2.97 bits per heavy atom. The van der Waals surface area contributed by atoms with E-state index in [0.717, 1.165) is 0 Å². The van der Waals surface area contributed by atoms with Gasteiger partial charge in [0.2, 0.25) is 0 Å². The normalized spacial score (nSPS) is 21.3. The van der Waals surface area contributed by atoms with E-state index in [1.165, 1.54) is 10.6 Å². The zero-order valence-electron chi connectivity index (χ0n) is 19.2. The molecule has 2 aliphatic rings. The summed E-state index contributed by atoms with van der Waals surface area (Å²) >= 11 is 0. The average Bonchev–Trinajstić information content (AvgIpc) is 3.12. The Balaban J connectivity index is 1.69. The van der Waals surface area contributed by atoms with Crippen molar-refractivity contribution in [2.45, 2.75) is 38.6 Å². The van der Waals surface area contributed by atoms with Gasteiger partial charge in [-0.05, 0) is 37.7 Å². The number of aromatic nitrogens is 2. The maximum absolute atomic E-state index is 13.2. The van der Waals surface area contributed by atoms with Crippen LogP contribution in [0.15, 0.2) is 29.1 Å². The van der Waals surface area contributed by atoms with E-state index >= 15 is 0 Å². The smallest absolute Gasteiger partial charge is 0.343 e. The van der Waals surface area contributed by atoms with Crippen molar-refractivity contribution < 1.29 is 23.9 Å². The van der Waals surface area contributed by atoms with Gasteiger partial charge in [-0.15, -0.1) is 0 Å². The van der Waals surface area contributed by atoms with E-state index in [-0.39, 0.29) is 48.6 Å². The minimum atomic E-state index is -2.38. The molecule has 154 valence electrons. The third-order valence-corrected chi connectivity index (χ3v) is 6.04. The van der Waals surface area contributed by atoms with Gasteiger partial charge >= 0.3 is 5.97 Å². The molecule has 0 unspecified atom stereocenters. The zero-order valence-corrected chi connectivity index (χ0v) is 16.2. The first-order chi connectivity index (χ1) is 15.5. The van der Waals surface area contributed by atoms with Gasteiger partial charge in [-0.25, -0.2) is 9.78 Å². The van der Waals surface area contributed by atoms with Gasteiger partial charge in [-0.3, -0.25) is 4.79 Å². The Kier molecular flexibility index (Phi) is 3.32. The molecule has 0 saturated heterocycles. The molecule has 5 rings (SSSR count). The molecule has 1 aromatic carbocycles. The molecule has 3 aromatic rings. The van der Waals surface area contributed by atoms with Crippen LogP contribution < -0.4 is 10.9 Å². The second-order valence-electron chi connectivity index (χ2n) is 7.58. The number of ether oxygens (including phenoxy) is 1. The van der Waals surface area contributed by atoms with Crippen molar-refractivity contribution in [1.82, 2.24) is 14.9 Å². The van der Waals surface area contributed by atoms with Gasteiger partial charge in [0.25, 0.3) is 5.56 Å². The maximum atomic E-state index is 13.2. The number of cyclic esters (lactones) is 1. The van der Waals surface area contributed by atoms with Crippen molar-refractivity contribution in [1.29, 1.82) is 0 Å². The summed E-state index contributed by atoms with van der Waals surface area (Å²) in [5.41, 5.74) is 0.819. The largest absolute Gasteiger partial charge is 0.508 e. The first kappa shape index (κ1) is 15.6. The number of nitrogens with one attached hydrogen (secondary N) is 1. The SMILES string of the molecule is [2H]C([2H])([2H])NCc1c(O)ccc2nc3c(cc12)Cn1c-3cc2c(c1=O)COC(=O)[C@]2(O)CC. The predicted octanol–water partition coefficient (Wildman–Crippen LogP) is 1.50. The summed E-state index contributed by atoms with van der Waals surface area (Å²) in [6, 6.07) is 6.47. The Labute approximate surface area is 176 Å². The number of phenols is 1. The molecule has 0 bridgehead atoms. The molecule has 2 aromatic heterocycles. The van der Waals surface area contributed by atoms with E-state index < -0.39 is 18.5 Å². The highest BCUT2D eigenvalue weighted by Gasteiger charge is 2.45. The highest BCUT2D eigenvalue weighted by Crippen LogP contribution is 2.39. The standard InChI is InChI=1S/C22H21N3O5/c1-3-22(29)15-7-17-19-11(9-25(17)20(27)14(15)10-30-21(22)28)6-12-13(8-23-2)18(26)5-4-16(12)24-19/h4-7,23,26,29H,3,8-10H2,1-2H3/t22-/m0/s1/i2D3. The zero-order chi connectivity index (χ0) is 23.7. The predicted molar refractivity (Wildman–Crippen MR) is 109 cm³/mol. The van der Waals surface area contributed by atoms with Crippen molar-refractivity contribution in [3.05, 3.63) is 56.9 Å². The molecule has 0 radical (unpaired) electrons. The number of hydrogen-bond donors (Lipinski definition) is 3. The molecular weight excluding hydrogens is 386 g/mol. The molecular formula is C22H21N3O5. The summed E-state index contributed by atoms with van der Waals surface area (Å²) in [6.07, 6.45) is 0.0544. The molecule has 8 heteroatoms. The van der Waals surface area contributed by atoms with Gasteiger partial charge in [0.1, 0.15) is 12.4 Å². The van der Waals surface area contributed by atoms with Crippen LogP contribution in [0.25, 0.3) is 22.3 Å². The van der Waals surface area contributed by atoms with Gasteiger partial charge in [0.05, 0.1) is 29.0 Å². The Bertz CT molecular complexity index is 1400. The summed E-state index contributed by atoms with van der Waals surface area (Å²) in [7, 11) is 0. The summed E-state index contributed by atoms with van der Waals surface area (Å²) in [5.74, 6) is -0.846. The maximum Gasteiger partial charge on any atom is 0.343 e. The van der Waals surface area contributed by atoms with Gasteiger partial charge < -0.3 is 24.8 Å². The van der Waals surface area contributed by atoms with Crippen LogP contribution in [-0.4, -0.2) is 32.7 Å².